The molecule has 0 radical (unpaired) electrons. The highest BCUT2D eigenvalue weighted by molar-refractivity contribution is 7.09. The predicted octanol–water partition coefficient (Wildman–Crippen LogP) is 5.81. The molecule has 1 amide bonds. The van der Waals surface area contributed by atoms with Crippen molar-refractivity contribution in [3.63, 3.8) is 0 Å². The monoisotopic (exact) mass is 470 g/mol. The number of hydrogen-bond donors (Lipinski definition) is 2. The lowest BCUT2D eigenvalue weighted by Crippen LogP contribution is -2.33. The molecule has 0 bridgehead atoms. The minimum absolute atomic E-state index is 0.0250. The summed E-state index contributed by atoms with van der Waals surface area (Å²) in [6, 6.07) is 7.71. The lowest BCUT2D eigenvalue weighted by Gasteiger charge is -2.18. The summed E-state index contributed by atoms with van der Waals surface area (Å²) in [5.41, 5.74) is 2.89. The number of amides is 1. The van der Waals surface area contributed by atoms with E-state index in [1.807, 2.05) is 56.5 Å². The Hall–Kier alpha value is -2.93. The molecule has 1 heterocycles. The average Bonchev–Trinajstić information content (AvgIpc) is 3.22. The Balaban J connectivity index is 2.20. The molecule has 0 unspecified atom stereocenters. The molecule has 0 saturated heterocycles. The first-order valence-corrected chi connectivity index (χ1v) is 12.1. The van der Waals surface area contributed by atoms with Crippen molar-refractivity contribution in [2.75, 3.05) is 6.61 Å². The number of nitrogens with one attached hydrogen (secondary N) is 1. The molecule has 33 heavy (non-hydrogen) atoms. The van der Waals surface area contributed by atoms with E-state index in [9.17, 15) is 9.59 Å². The minimum Gasteiger partial charge on any atom is -0.494 e. The number of carboxylic acid groups (broad SMARTS) is 1. The van der Waals surface area contributed by atoms with Crippen molar-refractivity contribution in [2.24, 2.45) is 5.92 Å². The maximum atomic E-state index is 12.5. The molecule has 7 heteroatoms. The van der Waals surface area contributed by atoms with Gasteiger partial charge in [0.05, 0.1) is 18.3 Å². The van der Waals surface area contributed by atoms with Gasteiger partial charge in [-0.05, 0) is 62.1 Å². The first kappa shape index (κ1) is 26.3. The van der Waals surface area contributed by atoms with Crippen molar-refractivity contribution in [1.82, 2.24) is 10.3 Å². The number of rotatable bonds is 12. The first-order chi connectivity index (χ1) is 15.7. The van der Waals surface area contributed by atoms with Gasteiger partial charge in [0.2, 0.25) is 5.91 Å². The number of allylic oxidation sites excluding steroid dienone is 2. The quantitative estimate of drug-likeness (QED) is 0.232. The molecule has 0 aliphatic heterocycles. The molecule has 0 aliphatic carbocycles. The van der Waals surface area contributed by atoms with Gasteiger partial charge in [-0.2, -0.15) is 0 Å². The summed E-state index contributed by atoms with van der Waals surface area (Å²) in [6.45, 7) is 9.97. The van der Waals surface area contributed by atoms with Crippen LogP contribution in [0.5, 0.6) is 5.75 Å². The van der Waals surface area contributed by atoms with E-state index in [1.165, 1.54) is 11.3 Å². The van der Waals surface area contributed by atoms with Crippen LogP contribution in [-0.4, -0.2) is 28.6 Å². The van der Waals surface area contributed by atoms with E-state index in [2.05, 4.69) is 12.2 Å². The zero-order chi connectivity index (χ0) is 24.4. The zero-order valence-corrected chi connectivity index (χ0v) is 20.9. The van der Waals surface area contributed by atoms with Crippen LogP contribution in [0.15, 0.2) is 46.9 Å². The van der Waals surface area contributed by atoms with Gasteiger partial charge in [-0.3, -0.25) is 4.79 Å². The highest BCUT2D eigenvalue weighted by Crippen LogP contribution is 2.25. The number of nitrogens with zero attached hydrogens (tertiary/aromatic N) is 1. The molecule has 0 spiro atoms. The number of hydrogen-bond acceptors (Lipinski definition) is 5. The third-order valence-electron chi connectivity index (χ3n) is 4.97. The number of carbonyl (C=O) groups is 2. The number of aromatic nitrogens is 1. The summed E-state index contributed by atoms with van der Waals surface area (Å²) in [6.07, 6.45) is 6.19. The smallest absolute Gasteiger partial charge is 0.331 e. The molecular formula is C26H34N2O4S. The van der Waals surface area contributed by atoms with Crippen molar-refractivity contribution in [1.29, 1.82) is 0 Å². The van der Waals surface area contributed by atoms with Gasteiger partial charge in [-0.25, -0.2) is 9.78 Å². The van der Waals surface area contributed by atoms with Gasteiger partial charge < -0.3 is 15.2 Å². The van der Waals surface area contributed by atoms with Crippen LogP contribution in [0.1, 0.15) is 69.8 Å². The second-order valence-electron chi connectivity index (χ2n) is 8.40. The third-order valence-corrected chi connectivity index (χ3v) is 5.94. The van der Waals surface area contributed by atoms with Gasteiger partial charge in [-0.15, -0.1) is 11.3 Å². The van der Waals surface area contributed by atoms with Gasteiger partial charge in [0, 0.05) is 16.9 Å². The lowest BCUT2D eigenvalue weighted by molar-refractivity contribution is -0.132. The van der Waals surface area contributed by atoms with Crippen LogP contribution in [0, 0.1) is 5.92 Å². The standard InChI is InChI=1S/C26H34N2O4S/c1-6-7-12-32-22-10-8-20(9-11-22)15-23(28-24(29)17(2)3)25-27-21(16-33-25)14-18(4)13-19(5)26(30)31/h8-11,13-14,16-17,23H,6-7,12,15H2,1-5H3,(H,28,29)(H,30,31)/b18-14+,19-13-/t23-/m0/s1. The van der Waals surface area contributed by atoms with Crippen LogP contribution in [0.25, 0.3) is 6.08 Å². The molecule has 1 atom stereocenters. The fraction of sp³-hybridized carbons (Fsp3) is 0.423. The lowest BCUT2D eigenvalue weighted by atomic mass is 10.0. The number of benzene rings is 1. The first-order valence-electron chi connectivity index (χ1n) is 11.3. The van der Waals surface area contributed by atoms with Gasteiger partial charge >= 0.3 is 5.97 Å². The molecule has 0 saturated carbocycles. The maximum absolute atomic E-state index is 12.5. The summed E-state index contributed by atoms with van der Waals surface area (Å²) in [5.74, 6) is -0.257. The molecule has 6 nitrogen and oxygen atoms in total. The Kier molecular flexibility index (Phi) is 10.3. The average molecular weight is 471 g/mol. The van der Waals surface area contributed by atoms with Crippen LogP contribution >= 0.6 is 11.3 Å². The van der Waals surface area contributed by atoms with Crippen LogP contribution in [0.3, 0.4) is 0 Å². The van der Waals surface area contributed by atoms with Gasteiger partial charge in [-0.1, -0.05) is 39.3 Å². The fourth-order valence-corrected chi connectivity index (χ4v) is 3.86. The van der Waals surface area contributed by atoms with Crippen LogP contribution < -0.4 is 10.1 Å². The van der Waals surface area contributed by atoms with Crippen molar-refractivity contribution in [3.8, 4) is 5.75 Å². The summed E-state index contributed by atoms with van der Waals surface area (Å²) >= 11 is 1.48. The highest BCUT2D eigenvalue weighted by atomic mass is 32.1. The molecule has 0 fully saturated rings. The van der Waals surface area contributed by atoms with Crippen molar-refractivity contribution in [2.45, 2.75) is 59.9 Å². The molecule has 2 rings (SSSR count). The molecule has 2 N–H and O–H groups in total. The second-order valence-corrected chi connectivity index (χ2v) is 9.29. The number of unbranched alkanes of at least 4 members (excludes halogenated alkanes) is 1. The van der Waals surface area contributed by atoms with Crippen molar-refractivity contribution >= 4 is 29.3 Å². The summed E-state index contributed by atoms with van der Waals surface area (Å²) in [7, 11) is 0. The number of carboxylic acids is 1. The van der Waals surface area contributed by atoms with E-state index in [1.54, 1.807) is 13.0 Å². The molecule has 1 aromatic carbocycles. The Labute approximate surface area is 200 Å². The summed E-state index contributed by atoms with van der Waals surface area (Å²) in [5, 5.41) is 14.9. The van der Waals surface area contributed by atoms with E-state index >= 15 is 0 Å². The number of carbonyl (C=O) groups excluding carboxylic acids is 1. The minimum atomic E-state index is -0.944. The van der Waals surface area contributed by atoms with Gasteiger partial charge in [0.25, 0.3) is 0 Å². The SMILES string of the molecule is CCCCOc1ccc(C[C@H](NC(=O)C(C)C)c2nc(/C=C(C)/C=C(/C)C(=O)O)cs2)cc1. The number of thiazole rings is 1. The van der Waals surface area contributed by atoms with Gasteiger partial charge in [0.15, 0.2) is 0 Å². The molecule has 1 aromatic heterocycles. The van der Waals surface area contributed by atoms with E-state index in [-0.39, 0.29) is 23.4 Å². The van der Waals surface area contributed by atoms with Crippen LogP contribution in [-0.2, 0) is 16.0 Å². The summed E-state index contributed by atoms with van der Waals surface area (Å²) in [4.78, 5) is 28.2. The molecular weight excluding hydrogens is 436 g/mol. The van der Waals surface area contributed by atoms with Gasteiger partial charge in [0.1, 0.15) is 10.8 Å². The van der Waals surface area contributed by atoms with Crippen molar-refractivity contribution in [3.05, 3.63) is 63.1 Å². The van der Waals surface area contributed by atoms with Crippen LogP contribution in [0.4, 0.5) is 0 Å². The normalized spacial score (nSPS) is 13.2. The Bertz CT molecular complexity index is 990. The third kappa shape index (κ3) is 8.85. The molecule has 178 valence electrons. The van der Waals surface area contributed by atoms with E-state index < -0.39 is 5.97 Å². The fourth-order valence-electron chi connectivity index (χ4n) is 3.04. The maximum Gasteiger partial charge on any atom is 0.331 e. The van der Waals surface area contributed by atoms with E-state index in [4.69, 9.17) is 14.8 Å². The predicted molar refractivity (Wildman–Crippen MR) is 133 cm³/mol. The van der Waals surface area contributed by atoms with Crippen molar-refractivity contribution < 1.29 is 19.4 Å². The Morgan fingerprint density at radius 1 is 1.21 bits per heavy atom. The number of ether oxygens (including phenoxy) is 1. The molecule has 0 aliphatic rings. The molecule has 2 aromatic rings. The zero-order valence-electron chi connectivity index (χ0n) is 20.1. The van der Waals surface area contributed by atoms with E-state index in [0.29, 0.717) is 13.0 Å². The topological polar surface area (TPSA) is 88.5 Å². The van der Waals surface area contributed by atoms with Crippen LogP contribution in [0.2, 0.25) is 0 Å². The van der Waals surface area contributed by atoms with E-state index in [0.717, 1.165) is 40.4 Å². The second kappa shape index (κ2) is 12.9. The Morgan fingerprint density at radius 3 is 2.52 bits per heavy atom. The summed E-state index contributed by atoms with van der Waals surface area (Å²) < 4.78 is 5.74. The largest absolute Gasteiger partial charge is 0.494 e. The Morgan fingerprint density at radius 2 is 1.91 bits per heavy atom. The highest BCUT2D eigenvalue weighted by Gasteiger charge is 2.20. The number of aliphatic carboxylic acids is 1.